The fourth-order valence-electron chi connectivity index (χ4n) is 5.50. The molecule has 1 atom stereocenters. The lowest BCUT2D eigenvalue weighted by Crippen LogP contribution is -2.22. The van der Waals surface area contributed by atoms with E-state index >= 15 is 0 Å². The average Bonchev–Trinajstić information content (AvgIpc) is 3.45. The van der Waals surface area contributed by atoms with E-state index in [0.29, 0.717) is 39.3 Å². The molecule has 1 unspecified atom stereocenters. The van der Waals surface area contributed by atoms with Gasteiger partial charge in [-0.3, -0.25) is 10.1 Å². The zero-order valence-corrected chi connectivity index (χ0v) is 21.1. The monoisotopic (exact) mass is 539 g/mol. The third-order valence-corrected chi connectivity index (χ3v) is 7.41. The highest BCUT2D eigenvalue weighted by Gasteiger charge is 2.37. The average molecular weight is 540 g/mol. The van der Waals surface area contributed by atoms with Gasteiger partial charge in [-0.1, -0.05) is 60.7 Å². The molecule has 0 saturated carbocycles. The van der Waals surface area contributed by atoms with Gasteiger partial charge in [-0.05, 0) is 34.5 Å². The molecular weight excluding hydrogens is 522 g/mol. The van der Waals surface area contributed by atoms with E-state index in [-0.39, 0.29) is 17.1 Å². The Morgan fingerprint density at radius 1 is 0.878 bits per heavy atom. The van der Waals surface area contributed by atoms with E-state index in [2.05, 4.69) is 10.1 Å². The lowest BCUT2D eigenvalue weighted by Gasteiger charge is -2.27. The zero-order chi connectivity index (χ0) is 27.7. The Morgan fingerprint density at radius 2 is 1.66 bits per heavy atom. The third-order valence-electron chi connectivity index (χ3n) is 7.41. The molecule has 7 aromatic rings. The second kappa shape index (κ2) is 8.55. The molecule has 0 spiro atoms. The van der Waals surface area contributed by atoms with Crippen molar-refractivity contribution in [2.75, 3.05) is 0 Å². The number of benzene rings is 4. The summed E-state index contributed by atoms with van der Waals surface area (Å²) in [4.78, 5) is 33.9. The van der Waals surface area contributed by atoms with Crippen LogP contribution in [0.2, 0.25) is 0 Å². The Balaban J connectivity index is 1.39. The molecule has 0 amide bonds. The maximum absolute atomic E-state index is 13.5. The molecular formula is C31H17N5O5. The molecule has 8 rings (SSSR count). The van der Waals surface area contributed by atoms with E-state index < -0.39 is 16.5 Å². The van der Waals surface area contributed by atoms with Crippen LogP contribution in [0.25, 0.3) is 38.8 Å². The first-order chi connectivity index (χ1) is 20.0. The molecule has 10 nitrogen and oxygen atoms in total. The van der Waals surface area contributed by atoms with Crippen LogP contribution in [0, 0.1) is 10.1 Å². The molecule has 4 aromatic carbocycles. The largest absolute Gasteiger partial charge is 0.437 e. The predicted molar refractivity (Wildman–Crippen MR) is 150 cm³/mol. The molecule has 0 radical (unpaired) electrons. The highest BCUT2D eigenvalue weighted by Crippen LogP contribution is 2.49. The summed E-state index contributed by atoms with van der Waals surface area (Å²) in [5.41, 5.74) is 2.38. The topological polar surface area (TPSA) is 126 Å². The summed E-state index contributed by atoms with van der Waals surface area (Å²) in [5, 5.41) is 18.8. The summed E-state index contributed by atoms with van der Waals surface area (Å²) < 4.78 is 13.6. The molecule has 0 N–H and O–H groups in total. The van der Waals surface area contributed by atoms with Crippen molar-refractivity contribution in [3.8, 4) is 23.0 Å². The Kier molecular flexibility index (Phi) is 4.80. The number of para-hydroxylation sites is 1. The maximum atomic E-state index is 13.5. The van der Waals surface area contributed by atoms with E-state index in [0.717, 1.165) is 16.3 Å². The molecule has 0 fully saturated rings. The zero-order valence-electron chi connectivity index (χ0n) is 21.1. The second-order valence-corrected chi connectivity index (χ2v) is 9.74. The van der Waals surface area contributed by atoms with Crippen molar-refractivity contribution in [1.82, 2.24) is 19.6 Å². The molecule has 1 aliphatic rings. The smallest absolute Gasteiger partial charge is 0.344 e. The van der Waals surface area contributed by atoms with Crippen LogP contribution in [0.4, 0.5) is 5.69 Å². The van der Waals surface area contributed by atoms with Crippen LogP contribution in [0.3, 0.4) is 0 Å². The normalized spacial score (nSPS) is 14.1. The Bertz CT molecular complexity index is 2260. The van der Waals surface area contributed by atoms with Crippen LogP contribution in [0.1, 0.15) is 22.6 Å². The first-order valence-electron chi connectivity index (χ1n) is 12.8. The van der Waals surface area contributed by atoms with Crippen molar-refractivity contribution in [2.45, 2.75) is 5.92 Å². The van der Waals surface area contributed by atoms with Crippen LogP contribution in [-0.2, 0) is 0 Å². The van der Waals surface area contributed by atoms with Gasteiger partial charge in [0.1, 0.15) is 11.9 Å². The van der Waals surface area contributed by atoms with Crippen molar-refractivity contribution in [1.29, 1.82) is 0 Å². The molecule has 10 heteroatoms. The number of rotatable bonds is 3. The number of ether oxygens (including phenoxy) is 1. The summed E-state index contributed by atoms with van der Waals surface area (Å²) >= 11 is 0. The highest BCUT2D eigenvalue weighted by molar-refractivity contribution is 5.88. The van der Waals surface area contributed by atoms with Crippen LogP contribution in [-0.4, -0.2) is 24.5 Å². The molecule has 0 bridgehead atoms. The van der Waals surface area contributed by atoms with Crippen LogP contribution in [0.5, 0.6) is 11.6 Å². The van der Waals surface area contributed by atoms with Crippen molar-refractivity contribution in [3.05, 3.63) is 135 Å². The summed E-state index contributed by atoms with van der Waals surface area (Å²) in [6.07, 6.45) is 1.53. The number of fused-ring (bicyclic) bond motifs is 7. The number of non-ortho nitro benzene ring substituents is 1. The first kappa shape index (κ1) is 23.0. The van der Waals surface area contributed by atoms with Gasteiger partial charge in [-0.2, -0.15) is 0 Å². The molecule has 0 saturated heterocycles. The van der Waals surface area contributed by atoms with Crippen LogP contribution in [0.15, 0.2) is 107 Å². The molecule has 196 valence electrons. The molecule has 0 aliphatic carbocycles. The maximum Gasteiger partial charge on any atom is 0.344 e. The number of nitrogens with zero attached hydrogens (tertiary/aromatic N) is 5. The van der Waals surface area contributed by atoms with Crippen LogP contribution >= 0.6 is 0 Å². The summed E-state index contributed by atoms with van der Waals surface area (Å²) in [6, 6.07) is 27.2. The second-order valence-electron chi connectivity index (χ2n) is 9.74. The van der Waals surface area contributed by atoms with Gasteiger partial charge < -0.3 is 9.15 Å². The molecule has 3 aromatic heterocycles. The van der Waals surface area contributed by atoms with Crippen molar-refractivity contribution >= 4 is 33.1 Å². The van der Waals surface area contributed by atoms with E-state index in [9.17, 15) is 14.9 Å². The summed E-state index contributed by atoms with van der Waals surface area (Å²) in [5.74, 6) is 0.338. The van der Waals surface area contributed by atoms with Gasteiger partial charge in [0.25, 0.3) is 5.69 Å². The van der Waals surface area contributed by atoms with Gasteiger partial charge in [-0.25, -0.2) is 19.3 Å². The summed E-state index contributed by atoms with van der Waals surface area (Å²) in [7, 11) is 0. The minimum absolute atomic E-state index is 0.0656. The number of nitro benzene ring substituents is 1. The lowest BCUT2D eigenvalue weighted by molar-refractivity contribution is -0.384. The SMILES string of the molecule is O=c1oc2ccccc2c2c1C(c1ccc([N+](=O)[O-])cc1)c1c(ncn3nc(-c4ccc5ccccc5c4)nc13)O2. The van der Waals surface area contributed by atoms with Gasteiger partial charge in [0.05, 0.1) is 27.4 Å². The fourth-order valence-corrected chi connectivity index (χ4v) is 5.50. The first-order valence-corrected chi connectivity index (χ1v) is 12.8. The van der Waals surface area contributed by atoms with Gasteiger partial charge >= 0.3 is 5.63 Å². The quantitative estimate of drug-likeness (QED) is 0.147. The number of hydrogen-bond donors (Lipinski definition) is 0. The van der Waals surface area contributed by atoms with Gasteiger partial charge in [-0.15, -0.1) is 5.10 Å². The van der Waals surface area contributed by atoms with Crippen molar-refractivity contribution < 1.29 is 14.1 Å². The van der Waals surface area contributed by atoms with Crippen molar-refractivity contribution in [3.63, 3.8) is 0 Å². The van der Waals surface area contributed by atoms with Crippen molar-refractivity contribution in [2.24, 2.45) is 0 Å². The van der Waals surface area contributed by atoms with Gasteiger partial charge in [0.2, 0.25) is 5.88 Å². The van der Waals surface area contributed by atoms with Gasteiger partial charge in [0.15, 0.2) is 17.2 Å². The Hall–Kier alpha value is -5.90. The minimum atomic E-state index is -0.736. The molecule has 41 heavy (non-hydrogen) atoms. The number of hydrogen-bond acceptors (Lipinski definition) is 8. The predicted octanol–water partition coefficient (Wildman–Crippen LogP) is 6.25. The standard InChI is InChI=1S/C31H17N5O5/c37-31-25-24(18-11-13-21(14-12-18)36(38)39)26-29-33-28(20-10-9-17-5-1-2-6-19(17)15-20)34-35(29)16-32-30(26)41-27(25)22-7-3-4-8-23(22)40-31/h1-16,24H. The van der Waals surface area contributed by atoms with Crippen LogP contribution < -0.4 is 10.4 Å². The van der Waals surface area contributed by atoms with Gasteiger partial charge in [0, 0.05) is 17.7 Å². The van der Waals surface area contributed by atoms with E-state index in [1.165, 1.54) is 18.5 Å². The molecule has 4 heterocycles. The van der Waals surface area contributed by atoms with E-state index in [1.54, 1.807) is 28.8 Å². The third kappa shape index (κ3) is 3.51. The summed E-state index contributed by atoms with van der Waals surface area (Å²) in [6.45, 7) is 0. The Labute approximate surface area is 230 Å². The lowest BCUT2D eigenvalue weighted by atomic mass is 9.84. The minimum Gasteiger partial charge on any atom is -0.437 e. The van der Waals surface area contributed by atoms with E-state index in [1.807, 2.05) is 54.6 Å². The highest BCUT2D eigenvalue weighted by atomic mass is 16.6. The Morgan fingerprint density at radius 3 is 2.49 bits per heavy atom. The van der Waals surface area contributed by atoms with E-state index in [4.69, 9.17) is 14.1 Å². The number of aromatic nitrogens is 4. The fraction of sp³-hybridized carbons (Fsp3) is 0.0323. The number of nitro groups is 1. The molecule has 1 aliphatic heterocycles.